The van der Waals surface area contributed by atoms with E-state index in [4.69, 9.17) is 5.11 Å². The first-order valence-corrected chi connectivity index (χ1v) is 6.81. The molecule has 106 valence electrons. The first-order valence-electron chi connectivity index (χ1n) is 6.81. The summed E-state index contributed by atoms with van der Waals surface area (Å²) in [5.74, 6) is -0.0242. The number of carbonyl (C=O) groups excluding carboxylic acids is 1. The summed E-state index contributed by atoms with van der Waals surface area (Å²) in [4.78, 5) is 12.1. The molecular weight excluding hydrogens is 238 g/mol. The number of hydrogen-bond donors (Lipinski definition) is 2. The van der Waals surface area contributed by atoms with Crippen LogP contribution in [0.2, 0.25) is 0 Å². The number of rotatable bonds is 6. The van der Waals surface area contributed by atoms with Gasteiger partial charge in [-0.25, -0.2) is 0 Å². The van der Waals surface area contributed by atoms with Crippen molar-refractivity contribution in [3.8, 4) is 0 Å². The van der Waals surface area contributed by atoms with E-state index in [1.807, 2.05) is 26.0 Å². The quantitative estimate of drug-likeness (QED) is 0.829. The highest BCUT2D eigenvalue weighted by Gasteiger charge is 2.18. The Bertz CT molecular complexity index is 418. The maximum Gasteiger partial charge on any atom is 0.251 e. The van der Waals surface area contributed by atoms with Gasteiger partial charge in [0, 0.05) is 18.7 Å². The van der Waals surface area contributed by atoms with Gasteiger partial charge in [0.25, 0.3) is 5.91 Å². The lowest BCUT2D eigenvalue weighted by Gasteiger charge is -2.24. The van der Waals surface area contributed by atoms with Crippen molar-refractivity contribution in [3.63, 3.8) is 0 Å². The molecular formula is C16H25NO2. The molecule has 0 saturated carbocycles. The van der Waals surface area contributed by atoms with E-state index in [9.17, 15) is 4.79 Å². The number of benzene rings is 1. The van der Waals surface area contributed by atoms with Crippen LogP contribution in [0.1, 0.15) is 48.2 Å². The normalized spacial score (nSPS) is 11.4. The number of carbonyl (C=O) groups is 1. The van der Waals surface area contributed by atoms with E-state index in [0.29, 0.717) is 6.54 Å². The lowest BCUT2D eigenvalue weighted by molar-refractivity contribution is 0.0933. The van der Waals surface area contributed by atoms with Gasteiger partial charge in [-0.15, -0.1) is 0 Å². The molecule has 0 saturated heterocycles. The molecule has 0 atom stereocenters. The smallest absolute Gasteiger partial charge is 0.251 e. The van der Waals surface area contributed by atoms with Gasteiger partial charge < -0.3 is 10.4 Å². The molecule has 0 aliphatic heterocycles. The summed E-state index contributed by atoms with van der Waals surface area (Å²) in [7, 11) is 0. The maximum atomic E-state index is 12.1. The predicted octanol–water partition coefficient (Wildman–Crippen LogP) is 2.83. The van der Waals surface area contributed by atoms with Crippen molar-refractivity contribution in [3.05, 3.63) is 34.9 Å². The van der Waals surface area contributed by atoms with Crippen LogP contribution in [0.3, 0.4) is 0 Å². The highest BCUT2D eigenvalue weighted by molar-refractivity contribution is 5.94. The first-order chi connectivity index (χ1) is 8.84. The van der Waals surface area contributed by atoms with Gasteiger partial charge in [0.2, 0.25) is 0 Å². The Morgan fingerprint density at radius 1 is 1.21 bits per heavy atom. The van der Waals surface area contributed by atoms with Crippen molar-refractivity contribution in [1.82, 2.24) is 5.32 Å². The van der Waals surface area contributed by atoms with Gasteiger partial charge in [-0.1, -0.05) is 31.0 Å². The molecule has 1 aromatic rings. The van der Waals surface area contributed by atoms with Crippen LogP contribution in [0.25, 0.3) is 0 Å². The summed E-state index contributed by atoms with van der Waals surface area (Å²) in [5.41, 5.74) is 2.93. The molecule has 0 aliphatic carbocycles. The Kier molecular flexibility index (Phi) is 5.55. The monoisotopic (exact) mass is 263 g/mol. The summed E-state index contributed by atoms with van der Waals surface area (Å²) in [6.45, 7) is 9.02. The zero-order valence-corrected chi connectivity index (χ0v) is 12.4. The molecule has 0 aliphatic rings. The molecule has 0 aromatic heterocycles. The highest BCUT2D eigenvalue weighted by Crippen LogP contribution is 2.21. The minimum Gasteiger partial charge on any atom is -0.396 e. The van der Waals surface area contributed by atoms with Gasteiger partial charge in [-0.2, -0.15) is 0 Å². The number of amides is 1. The summed E-state index contributed by atoms with van der Waals surface area (Å²) in [6, 6.07) is 5.87. The Morgan fingerprint density at radius 3 is 2.32 bits per heavy atom. The van der Waals surface area contributed by atoms with Crippen LogP contribution in [0, 0.1) is 19.3 Å². The Balaban J connectivity index is 2.60. The predicted molar refractivity (Wildman–Crippen MR) is 78.4 cm³/mol. The maximum absolute atomic E-state index is 12.1. The molecule has 1 aromatic carbocycles. The van der Waals surface area contributed by atoms with Crippen LogP contribution in [-0.2, 0) is 0 Å². The topological polar surface area (TPSA) is 49.3 Å². The molecule has 0 fully saturated rings. The van der Waals surface area contributed by atoms with E-state index in [2.05, 4.69) is 25.2 Å². The third kappa shape index (κ3) is 5.43. The fourth-order valence-electron chi connectivity index (χ4n) is 2.17. The number of nitrogens with one attached hydrogen (secondary N) is 1. The Morgan fingerprint density at radius 2 is 1.79 bits per heavy atom. The van der Waals surface area contributed by atoms with Crippen molar-refractivity contribution in [1.29, 1.82) is 0 Å². The number of aliphatic hydroxyl groups is 1. The number of aliphatic hydroxyl groups excluding tert-OH is 1. The van der Waals surface area contributed by atoms with E-state index in [1.165, 1.54) is 0 Å². The fourth-order valence-corrected chi connectivity index (χ4v) is 2.17. The largest absolute Gasteiger partial charge is 0.396 e. The zero-order chi connectivity index (χ0) is 14.5. The van der Waals surface area contributed by atoms with E-state index >= 15 is 0 Å². The highest BCUT2D eigenvalue weighted by atomic mass is 16.2. The molecule has 1 rings (SSSR count). The molecule has 0 heterocycles. The molecule has 0 bridgehead atoms. The van der Waals surface area contributed by atoms with Gasteiger partial charge in [-0.05, 0) is 44.2 Å². The van der Waals surface area contributed by atoms with Crippen LogP contribution in [0.5, 0.6) is 0 Å². The summed E-state index contributed by atoms with van der Waals surface area (Å²) in [6.07, 6.45) is 1.67. The Hall–Kier alpha value is -1.35. The first kappa shape index (κ1) is 15.7. The average molecular weight is 263 g/mol. The van der Waals surface area contributed by atoms with Crippen molar-refractivity contribution >= 4 is 5.91 Å². The molecule has 1 amide bonds. The molecule has 2 N–H and O–H groups in total. The minimum atomic E-state index is -0.0242. The van der Waals surface area contributed by atoms with E-state index in [-0.39, 0.29) is 17.9 Å². The molecule has 19 heavy (non-hydrogen) atoms. The fraction of sp³-hybridized carbons (Fsp3) is 0.562. The van der Waals surface area contributed by atoms with E-state index < -0.39 is 0 Å². The van der Waals surface area contributed by atoms with Gasteiger partial charge in [0.05, 0.1) is 0 Å². The lowest BCUT2D eigenvalue weighted by atomic mass is 9.88. The molecule has 0 unspecified atom stereocenters. The standard InChI is InChI=1S/C16H25NO2/c1-12-8-13(2)10-14(9-12)15(19)17-11-16(3,4)6-5-7-18/h8-10,18H,5-7,11H2,1-4H3,(H,17,19). The van der Waals surface area contributed by atoms with Gasteiger partial charge in [0.1, 0.15) is 0 Å². The minimum absolute atomic E-state index is 0.0112. The van der Waals surface area contributed by atoms with Crippen molar-refractivity contribution in [2.75, 3.05) is 13.2 Å². The van der Waals surface area contributed by atoms with Gasteiger partial charge in [-0.3, -0.25) is 4.79 Å². The third-order valence-electron chi connectivity index (χ3n) is 3.22. The van der Waals surface area contributed by atoms with Crippen LogP contribution < -0.4 is 5.32 Å². The lowest BCUT2D eigenvalue weighted by Crippen LogP contribution is -2.34. The van der Waals surface area contributed by atoms with Crippen molar-refractivity contribution in [2.24, 2.45) is 5.41 Å². The SMILES string of the molecule is Cc1cc(C)cc(C(=O)NCC(C)(C)CCCO)c1. The van der Waals surface area contributed by atoms with Crippen LogP contribution in [0.4, 0.5) is 0 Å². The number of hydrogen-bond acceptors (Lipinski definition) is 2. The van der Waals surface area contributed by atoms with Gasteiger partial charge in [0.15, 0.2) is 0 Å². The van der Waals surface area contributed by atoms with E-state index in [1.54, 1.807) is 0 Å². The third-order valence-corrected chi connectivity index (χ3v) is 3.22. The van der Waals surface area contributed by atoms with Crippen LogP contribution >= 0.6 is 0 Å². The molecule has 0 spiro atoms. The Labute approximate surface area is 116 Å². The second-order valence-electron chi connectivity index (χ2n) is 6.05. The average Bonchev–Trinajstić information content (AvgIpc) is 2.32. The van der Waals surface area contributed by atoms with Crippen molar-refractivity contribution < 1.29 is 9.90 Å². The zero-order valence-electron chi connectivity index (χ0n) is 12.4. The van der Waals surface area contributed by atoms with Gasteiger partial charge >= 0.3 is 0 Å². The molecule has 0 radical (unpaired) electrons. The summed E-state index contributed by atoms with van der Waals surface area (Å²) < 4.78 is 0. The van der Waals surface area contributed by atoms with Crippen molar-refractivity contribution in [2.45, 2.75) is 40.5 Å². The molecule has 3 nitrogen and oxygen atoms in total. The summed E-state index contributed by atoms with van der Waals surface area (Å²) in [5, 5.41) is 11.8. The summed E-state index contributed by atoms with van der Waals surface area (Å²) >= 11 is 0. The van der Waals surface area contributed by atoms with Crippen LogP contribution in [0.15, 0.2) is 18.2 Å². The van der Waals surface area contributed by atoms with Crippen LogP contribution in [-0.4, -0.2) is 24.2 Å². The number of aryl methyl sites for hydroxylation is 2. The molecule has 3 heteroatoms. The second kappa shape index (κ2) is 6.71. The van der Waals surface area contributed by atoms with E-state index in [0.717, 1.165) is 29.5 Å². The second-order valence-corrected chi connectivity index (χ2v) is 6.05.